The Kier molecular flexibility index (Phi) is 3.85. The maximum absolute atomic E-state index is 6.33. The number of benzene rings is 1. The van der Waals surface area contributed by atoms with Crippen LogP contribution in [0.3, 0.4) is 0 Å². The van der Waals surface area contributed by atoms with Gasteiger partial charge in [-0.15, -0.1) is 11.3 Å². The molecule has 100 valence electrons. The molecule has 2 N–H and O–H groups in total. The zero-order valence-electron chi connectivity index (χ0n) is 11.0. The minimum Gasteiger partial charge on any atom is -0.493 e. The summed E-state index contributed by atoms with van der Waals surface area (Å²) in [6.07, 6.45) is 4.29. The first-order valence-electron chi connectivity index (χ1n) is 6.87. The first-order valence-corrected chi connectivity index (χ1v) is 7.75. The Balaban J connectivity index is 1.61. The Morgan fingerprint density at radius 1 is 1.26 bits per heavy atom. The number of hydrogen-bond donors (Lipinski definition) is 1. The number of nitrogens with two attached hydrogens (primary N) is 1. The summed E-state index contributed by atoms with van der Waals surface area (Å²) < 4.78 is 5.72. The molecule has 0 fully saturated rings. The second-order valence-corrected chi connectivity index (χ2v) is 6.04. The van der Waals surface area contributed by atoms with Crippen molar-refractivity contribution in [1.82, 2.24) is 0 Å². The van der Waals surface area contributed by atoms with Gasteiger partial charge in [-0.05, 0) is 36.3 Å². The Morgan fingerprint density at radius 2 is 2.21 bits per heavy atom. The van der Waals surface area contributed by atoms with E-state index in [0.29, 0.717) is 0 Å². The van der Waals surface area contributed by atoms with E-state index < -0.39 is 0 Å². The van der Waals surface area contributed by atoms with Gasteiger partial charge in [-0.2, -0.15) is 0 Å². The second-order valence-electron chi connectivity index (χ2n) is 5.01. The van der Waals surface area contributed by atoms with Gasteiger partial charge in [0.2, 0.25) is 0 Å². The fraction of sp³-hybridized carbons (Fsp3) is 0.375. The highest BCUT2D eigenvalue weighted by Gasteiger charge is 2.19. The number of rotatable bonds is 5. The quantitative estimate of drug-likeness (QED) is 0.901. The normalized spacial score (nSPS) is 15.0. The van der Waals surface area contributed by atoms with Crippen LogP contribution in [0.1, 0.15) is 34.9 Å². The van der Waals surface area contributed by atoms with E-state index in [1.807, 2.05) is 11.3 Å². The van der Waals surface area contributed by atoms with Crippen molar-refractivity contribution in [2.45, 2.75) is 31.7 Å². The van der Waals surface area contributed by atoms with Gasteiger partial charge in [0.05, 0.1) is 6.61 Å². The molecule has 0 saturated carbocycles. The van der Waals surface area contributed by atoms with Crippen molar-refractivity contribution in [2.24, 2.45) is 5.73 Å². The van der Waals surface area contributed by atoms with Crippen LogP contribution in [0.4, 0.5) is 0 Å². The second kappa shape index (κ2) is 5.76. The van der Waals surface area contributed by atoms with Crippen molar-refractivity contribution >= 4 is 11.3 Å². The molecule has 3 heteroatoms. The lowest BCUT2D eigenvalue weighted by Gasteiger charge is -2.15. The van der Waals surface area contributed by atoms with Crippen LogP contribution in [0, 0.1) is 0 Å². The third-order valence-electron chi connectivity index (χ3n) is 3.66. The summed E-state index contributed by atoms with van der Waals surface area (Å²) >= 11 is 1.82. The van der Waals surface area contributed by atoms with Gasteiger partial charge < -0.3 is 10.5 Å². The van der Waals surface area contributed by atoms with Crippen molar-refractivity contribution in [3.05, 3.63) is 51.7 Å². The number of aryl methyl sites for hydroxylation is 1. The minimum absolute atomic E-state index is 0.0908. The van der Waals surface area contributed by atoms with Crippen molar-refractivity contribution in [3.63, 3.8) is 0 Å². The van der Waals surface area contributed by atoms with E-state index in [1.165, 1.54) is 16.0 Å². The summed E-state index contributed by atoms with van der Waals surface area (Å²) in [6, 6.07) is 10.7. The van der Waals surface area contributed by atoms with Gasteiger partial charge in [0.25, 0.3) is 0 Å². The number of ether oxygens (including phenoxy) is 1. The summed E-state index contributed by atoms with van der Waals surface area (Å²) in [5.41, 5.74) is 8.82. The fourth-order valence-corrected chi connectivity index (χ4v) is 3.39. The zero-order valence-corrected chi connectivity index (χ0v) is 11.8. The molecular weight excluding hydrogens is 254 g/mol. The summed E-state index contributed by atoms with van der Waals surface area (Å²) in [5, 5.41) is 2.13. The first kappa shape index (κ1) is 12.7. The van der Waals surface area contributed by atoms with Crippen LogP contribution in [0.15, 0.2) is 35.7 Å². The molecule has 1 aromatic carbocycles. The minimum atomic E-state index is 0.0908. The van der Waals surface area contributed by atoms with Crippen LogP contribution >= 0.6 is 11.3 Å². The summed E-state index contributed by atoms with van der Waals surface area (Å²) in [6.45, 7) is 0.800. The van der Waals surface area contributed by atoms with Gasteiger partial charge in [0.1, 0.15) is 5.75 Å². The van der Waals surface area contributed by atoms with Crippen LogP contribution in [0.25, 0.3) is 0 Å². The third-order valence-corrected chi connectivity index (χ3v) is 4.60. The third kappa shape index (κ3) is 2.82. The number of para-hydroxylation sites is 1. The topological polar surface area (TPSA) is 35.2 Å². The lowest BCUT2D eigenvalue weighted by atomic mass is 9.98. The zero-order chi connectivity index (χ0) is 13.1. The molecule has 0 aliphatic carbocycles. The van der Waals surface area contributed by atoms with Gasteiger partial charge >= 0.3 is 0 Å². The Hall–Kier alpha value is -1.32. The molecule has 1 aliphatic heterocycles. The van der Waals surface area contributed by atoms with Gasteiger partial charge in [0, 0.05) is 22.9 Å². The van der Waals surface area contributed by atoms with E-state index in [-0.39, 0.29) is 6.04 Å². The molecule has 2 nitrogen and oxygen atoms in total. The molecule has 2 heterocycles. The summed E-state index contributed by atoms with van der Waals surface area (Å²) in [7, 11) is 0. The largest absolute Gasteiger partial charge is 0.493 e. The molecule has 0 spiro atoms. The van der Waals surface area contributed by atoms with E-state index in [2.05, 4.69) is 35.7 Å². The Bertz CT molecular complexity index is 536. The fourth-order valence-electron chi connectivity index (χ4n) is 2.64. The van der Waals surface area contributed by atoms with Crippen LogP contribution in [-0.4, -0.2) is 6.61 Å². The molecule has 1 unspecified atom stereocenters. The highest BCUT2D eigenvalue weighted by molar-refractivity contribution is 7.09. The average molecular weight is 273 g/mol. The first-order chi connectivity index (χ1) is 9.34. The van der Waals surface area contributed by atoms with Crippen LogP contribution in [0.5, 0.6) is 5.75 Å². The molecule has 2 aromatic rings. The Morgan fingerprint density at radius 3 is 3.05 bits per heavy atom. The van der Waals surface area contributed by atoms with Crippen LogP contribution in [0.2, 0.25) is 0 Å². The van der Waals surface area contributed by atoms with E-state index in [0.717, 1.165) is 38.0 Å². The number of fused-ring (bicyclic) bond motifs is 1. The molecule has 1 atom stereocenters. The van der Waals surface area contributed by atoms with E-state index in [1.54, 1.807) is 0 Å². The standard InChI is InChI=1S/C16H19NOS/c17-15(8-2-5-13-6-3-11-19-13)14-7-1-4-12-9-10-18-16(12)14/h1,3-4,6-7,11,15H,2,5,8-10,17H2. The smallest absolute Gasteiger partial charge is 0.127 e. The monoisotopic (exact) mass is 273 g/mol. The molecular formula is C16H19NOS. The predicted molar refractivity (Wildman–Crippen MR) is 79.8 cm³/mol. The number of hydrogen-bond acceptors (Lipinski definition) is 3. The molecule has 0 amide bonds. The SMILES string of the molecule is NC(CCCc1cccs1)c1cccc2c1OCC2. The van der Waals surface area contributed by atoms with Crippen molar-refractivity contribution in [2.75, 3.05) is 6.61 Å². The lowest BCUT2D eigenvalue weighted by Crippen LogP contribution is -2.11. The van der Waals surface area contributed by atoms with Crippen molar-refractivity contribution in [1.29, 1.82) is 0 Å². The van der Waals surface area contributed by atoms with Crippen LogP contribution < -0.4 is 10.5 Å². The molecule has 1 aliphatic rings. The average Bonchev–Trinajstić information content (AvgIpc) is 3.08. The van der Waals surface area contributed by atoms with Gasteiger partial charge in [0.15, 0.2) is 0 Å². The van der Waals surface area contributed by atoms with Crippen LogP contribution in [-0.2, 0) is 12.8 Å². The number of thiophene rings is 1. The van der Waals surface area contributed by atoms with Crippen molar-refractivity contribution in [3.8, 4) is 5.75 Å². The van der Waals surface area contributed by atoms with Gasteiger partial charge in [-0.3, -0.25) is 0 Å². The van der Waals surface area contributed by atoms with Gasteiger partial charge in [-0.1, -0.05) is 24.3 Å². The van der Waals surface area contributed by atoms with E-state index in [4.69, 9.17) is 10.5 Å². The van der Waals surface area contributed by atoms with Gasteiger partial charge in [-0.25, -0.2) is 0 Å². The molecule has 19 heavy (non-hydrogen) atoms. The predicted octanol–water partition coefficient (Wildman–Crippen LogP) is 3.71. The molecule has 3 rings (SSSR count). The molecule has 1 aromatic heterocycles. The maximum Gasteiger partial charge on any atom is 0.127 e. The van der Waals surface area contributed by atoms with E-state index >= 15 is 0 Å². The molecule has 0 radical (unpaired) electrons. The summed E-state index contributed by atoms with van der Waals surface area (Å²) in [5.74, 6) is 1.05. The highest BCUT2D eigenvalue weighted by atomic mass is 32.1. The molecule has 0 bridgehead atoms. The maximum atomic E-state index is 6.33. The Labute approximate surface area is 118 Å². The van der Waals surface area contributed by atoms with E-state index in [9.17, 15) is 0 Å². The van der Waals surface area contributed by atoms with Crippen molar-refractivity contribution < 1.29 is 4.74 Å². The molecule has 0 saturated heterocycles. The summed E-state index contributed by atoms with van der Waals surface area (Å²) in [4.78, 5) is 1.45. The lowest BCUT2D eigenvalue weighted by molar-refractivity contribution is 0.350. The highest BCUT2D eigenvalue weighted by Crippen LogP contribution is 2.34.